The van der Waals surface area contributed by atoms with E-state index in [1.807, 2.05) is 0 Å². The first-order chi connectivity index (χ1) is 13.0. The van der Waals surface area contributed by atoms with Gasteiger partial charge in [-0.05, 0) is 23.1 Å². The minimum absolute atomic E-state index is 0.257. The Labute approximate surface area is 156 Å². The molecule has 9 nitrogen and oxygen atoms in total. The van der Waals surface area contributed by atoms with Crippen molar-refractivity contribution in [1.82, 2.24) is 9.55 Å². The normalized spacial score (nSPS) is 12.5. The maximum absolute atomic E-state index is 12.9. The molecule has 0 aliphatic rings. The summed E-state index contributed by atoms with van der Waals surface area (Å²) in [4.78, 5) is 25.8. The minimum Gasteiger partial charge on any atom is -0.490 e. The Kier molecular flexibility index (Phi) is 6.23. The van der Waals surface area contributed by atoms with E-state index in [0.717, 1.165) is 23.9 Å². The third kappa shape index (κ3) is 4.76. The molecule has 0 bridgehead atoms. The molecule has 2 rings (SSSR count). The fourth-order valence-corrected chi connectivity index (χ4v) is 2.37. The molecule has 0 saturated carbocycles. The number of imidazole rings is 1. The number of carbonyl (C=O) groups excluding carboxylic acids is 1. The Morgan fingerprint density at radius 1 is 1.43 bits per heavy atom. The molecule has 0 fully saturated rings. The molecule has 2 aromatic rings. The number of aromatic nitrogens is 2. The van der Waals surface area contributed by atoms with Crippen molar-refractivity contribution in [2.75, 3.05) is 13.7 Å². The van der Waals surface area contributed by atoms with Gasteiger partial charge >= 0.3 is 18.0 Å². The number of hydrogen-bond acceptors (Lipinski definition) is 7. The Hall–Kier alpha value is -3.15. The highest BCUT2D eigenvalue weighted by Crippen LogP contribution is 2.33. The van der Waals surface area contributed by atoms with Crippen molar-refractivity contribution in [2.24, 2.45) is 0 Å². The number of methoxy groups -OCH3 is 1. The maximum atomic E-state index is 12.9. The Morgan fingerprint density at radius 2 is 2.11 bits per heavy atom. The van der Waals surface area contributed by atoms with Gasteiger partial charge in [0.25, 0.3) is 0 Å². The number of halogens is 3. The van der Waals surface area contributed by atoms with E-state index in [0.29, 0.717) is 12.1 Å². The quantitative estimate of drug-likeness (QED) is 0.428. The lowest BCUT2D eigenvalue weighted by atomic mass is 10.1. The van der Waals surface area contributed by atoms with Crippen LogP contribution in [0.15, 0.2) is 24.4 Å². The largest absolute Gasteiger partial charge is 0.490 e. The zero-order chi connectivity index (χ0) is 21.1. The molecular formula is C16H16F3N3O6. The van der Waals surface area contributed by atoms with Crippen molar-refractivity contribution in [3.05, 3.63) is 51.5 Å². The number of aliphatic hydroxyl groups excluding tert-OH is 1. The van der Waals surface area contributed by atoms with Crippen molar-refractivity contribution in [2.45, 2.75) is 25.7 Å². The van der Waals surface area contributed by atoms with E-state index in [1.165, 1.54) is 6.92 Å². The fourth-order valence-electron chi connectivity index (χ4n) is 2.37. The van der Waals surface area contributed by atoms with Crippen LogP contribution < -0.4 is 4.74 Å². The topological polar surface area (TPSA) is 117 Å². The second-order valence-electron chi connectivity index (χ2n) is 5.70. The lowest BCUT2D eigenvalue weighted by molar-refractivity contribution is -0.392. The van der Waals surface area contributed by atoms with E-state index < -0.39 is 41.1 Å². The number of aliphatic hydroxyl groups is 1. The molecule has 1 aromatic heterocycles. The smallest absolute Gasteiger partial charge is 0.416 e. The summed E-state index contributed by atoms with van der Waals surface area (Å²) in [5.74, 6) is -1.44. The molecule has 0 saturated heterocycles. The Balaban J connectivity index is 2.19. The summed E-state index contributed by atoms with van der Waals surface area (Å²) in [6.07, 6.45) is -4.98. The first-order valence-electron chi connectivity index (χ1n) is 7.81. The van der Waals surface area contributed by atoms with Gasteiger partial charge in [-0.25, -0.2) is 14.3 Å². The highest BCUT2D eigenvalue weighted by Gasteiger charge is 2.32. The zero-order valence-corrected chi connectivity index (χ0v) is 14.8. The van der Waals surface area contributed by atoms with Gasteiger partial charge in [0.1, 0.15) is 36.8 Å². The van der Waals surface area contributed by atoms with E-state index in [-0.39, 0.29) is 23.8 Å². The van der Waals surface area contributed by atoms with Crippen LogP contribution in [0.4, 0.5) is 19.0 Å². The summed E-state index contributed by atoms with van der Waals surface area (Å²) < 4.78 is 49.5. The van der Waals surface area contributed by atoms with E-state index in [4.69, 9.17) is 4.74 Å². The summed E-state index contributed by atoms with van der Waals surface area (Å²) in [6, 6.07) is 2.22. The highest BCUT2D eigenvalue weighted by molar-refractivity contribution is 5.92. The van der Waals surface area contributed by atoms with Crippen molar-refractivity contribution < 1.29 is 37.5 Å². The van der Waals surface area contributed by atoms with E-state index >= 15 is 0 Å². The van der Waals surface area contributed by atoms with E-state index in [1.54, 1.807) is 0 Å². The number of alkyl halides is 3. The van der Waals surface area contributed by atoms with Crippen LogP contribution in [0.1, 0.15) is 21.7 Å². The molecule has 1 heterocycles. The number of nitro groups is 1. The van der Waals surface area contributed by atoms with Gasteiger partial charge in [-0.2, -0.15) is 13.2 Å². The van der Waals surface area contributed by atoms with Crippen molar-refractivity contribution in [3.8, 4) is 5.75 Å². The molecule has 1 atom stereocenters. The van der Waals surface area contributed by atoms with Crippen LogP contribution in [0.3, 0.4) is 0 Å². The zero-order valence-electron chi connectivity index (χ0n) is 14.8. The van der Waals surface area contributed by atoms with Crippen LogP contribution in [0.5, 0.6) is 5.75 Å². The standard InChI is InChI=1S/C16H16F3N3O6/c1-9-20-6-14(22(25)26)21(9)7-11(23)8-28-13-5-10(16(17,18)19)3-4-12(13)15(24)27-2/h3-6,11,23H,7-8H2,1-2H3. The number of aryl methyl sites for hydroxylation is 1. The van der Waals surface area contributed by atoms with Crippen LogP contribution >= 0.6 is 0 Å². The average molecular weight is 403 g/mol. The van der Waals surface area contributed by atoms with Crippen molar-refractivity contribution in [1.29, 1.82) is 0 Å². The van der Waals surface area contributed by atoms with Crippen LogP contribution in [0.2, 0.25) is 0 Å². The molecule has 0 aliphatic carbocycles. The molecule has 0 aliphatic heterocycles. The molecule has 28 heavy (non-hydrogen) atoms. The van der Waals surface area contributed by atoms with Gasteiger partial charge in [-0.1, -0.05) is 0 Å². The molecule has 1 N–H and O–H groups in total. The van der Waals surface area contributed by atoms with Crippen LogP contribution in [0.25, 0.3) is 0 Å². The minimum atomic E-state index is -4.67. The maximum Gasteiger partial charge on any atom is 0.416 e. The lowest BCUT2D eigenvalue weighted by Crippen LogP contribution is -2.25. The van der Waals surface area contributed by atoms with Gasteiger partial charge in [0, 0.05) is 6.92 Å². The van der Waals surface area contributed by atoms with Gasteiger partial charge in [0.2, 0.25) is 0 Å². The van der Waals surface area contributed by atoms with Gasteiger partial charge in [-0.15, -0.1) is 0 Å². The molecule has 0 amide bonds. The number of hydrogen-bond donors (Lipinski definition) is 1. The third-order valence-corrected chi connectivity index (χ3v) is 3.76. The SMILES string of the molecule is COC(=O)c1ccc(C(F)(F)F)cc1OCC(O)Cn1c([N+](=O)[O-])cnc1C. The van der Waals surface area contributed by atoms with Gasteiger partial charge in [-0.3, -0.25) is 0 Å². The number of carbonyl (C=O) groups is 1. The first kappa shape index (κ1) is 21.2. The molecule has 12 heteroatoms. The number of benzene rings is 1. The second-order valence-corrected chi connectivity index (χ2v) is 5.70. The predicted molar refractivity (Wildman–Crippen MR) is 87.9 cm³/mol. The second kappa shape index (κ2) is 8.25. The summed E-state index contributed by atoms with van der Waals surface area (Å²) in [5.41, 5.74) is -1.31. The molecule has 0 spiro atoms. The average Bonchev–Trinajstić information content (AvgIpc) is 2.99. The van der Waals surface area contributed by atoms with Crippen LogP contribution in [-0.2, 0) is 17.5 Å². The molecule has 0 radical (unpaired) electrons. The lowest BCUT2D eigenvalue weighted by Gasteiger charge is -2.16. The molecule has 152 valence electrons. The first-order valence-corrected chi connectivity index (χ1v) is 7.81. The fraction of sp³-hybridized carbons (Fsp3) is 0.375. The van der Waals surface area contributed by atoms with Crippen molar-refractivity contribution in [3.63, 3.8) is 0 Å². The Bertz CT molecular complexity index is 881. The van der Waals surface area contributed by atoms with Crippen LogP contribution in [-0.4, -0.2) is 45.4 Å². The van der Waals surface area contributed by atoms with Gasteiger partial charge in [0.15, 0.2) is 5.82 Å². The number of nitrogens with zero attached hydrogens (tertiary/aromatic N) is 3. The number of rotatable bonds is 7. The molecular weight excluding hydrogens is 387 g/mol. The number of esters is 1. The third-order valence-electron chi connectivity index (χ3n) is 3.76. The van der Waals surface area contributed by atoms with Gasteiger partial charge < -0.3 is 24.7 Å². The van der Waals surface area contributed by atoms with E-state index in [9.17, 15) is 33.2 Å². The summed E-state index contributed by atoms with van der Waals surface area (Å²) in [6.45, 7) is 0.678. The van der Waals surface area contributed by atoms with Gasteiger partial charge in [0.05, 0.1) is 12.7 Å². The monoisotopic (exact) mass is 403 g/mol. The van der Waals surface area contributed by atoms with E-state index in [2.05, 4.69) is 9.72 Å². The summed E-state index contributed by atoms with van der Waals surface area (Å²) in [7, 11) is 1.06. The van der Waals surface area contributed by atoms with Crippen LogP contribution in [0, 0.1) is 17.0 Å². The van der Waals surface area contributed by atoms with Crippen molar-refractivity contribution >= 4 is 11.8 Å². The molecule has 1 unspecified atom stereocenters. The number of ether oxygens (including phenoxy) is 2. The summed E-state index contributed by atoms with van der Waals surface area (Å²) in [5, 5.41) is 21.0. The Morgan fingerprint density at radius 3 is 2.68 bits per heavy atom. The summed E-state index contributed by atoms with van der Waals surface area (Å²) >= 11 is 0. The predicted octanol–water partition coefficient (Wildman–Crippen LogP) is 2.35. The molecule has 1 aromatic carbocycles. The highest BCUT2D eigenvalue weighted by atomic mass is 19.4.